The predicted octanol–water partition coefficient (Wildman–Crippen LogP) is 3.94. The molecule has 0 aliphatic rings. The zero-order valence-electron chi connectivity index (χ0n) is 17.0. The number of para-hydroxylation sites is 2. The van der Waals surface area contributed by atoms with Gasteiger partial charge in [0.2, 0.25) is 0 Å². The Bertz CT molecular complexity index is 1150. The number of nitrogens with zero attached hydrogens (tertiary/aromatic N) is 1. The van der Waals surface area contributed by atoms with E-state index in [2.05, 4.69) is 12.2 Å². The van der Waals surface area contributed by atoms with E-state index < -0.39 is 17.4 Å². The maximum Gasteiger partial charge on any atom is 0.339 e. The molecule has 3 aromatic rings. The van der Waals surface area contributed by atoms with Crippen LogP contribution in [0.2, 0.25) is 0 Å². The number of hydrogen-bond donors (Lipinski definition) is 2. The SMILES string of the molecule is CCCCCn1c(=O)c(C(=O)Nc2ccccc2C(=O)OC)c(O)c2ccccc21. The normalized spacial score (nSPS) is 10.7. The molecule has 0 aliphatic heterocycles. The van der Waals surface area contributed by atoms with Crippen molar-refractivity contribution >= 4 is 28.5 Å². The number of unbranched alkanes of at least 4 members (excludes halogenated alkanes) is 2. The molecular formula is C23H24N2O5. The van der Waals surface area contributed by atoms with Gasteiger partial charge >= 0.3 is 5.97 Å². The highest BCUT2D eigenvalue weighted by atomic mass is 16.5. The maximum absolute atomic E-state index is 13.2. The Balaban J connectivity index is 2.09. The third kappa shape index (κ3) is 4.05. The summed E-state index contributed by atoms with van der Waals surface area (Å²) >= 11 is 0. The summed E-state index contributed by atoms with van der Waals surface area (Å²) in [5.41, 5.74) is -0.0152. The van der Waals surface area contributed by atoms with Crippen LogP contribution in [0.5, 0.6) is 5.75 Å². The molecule has 7 nitrogen and oxygen atoms in total. The number of hydrogen-bond acceptors (Lipinski definition) is 5. The average Bonchev–Trinajstić information content (AvgIpc) is 2.76. The first-order chi connectivity index (χ1) is 14.5. The van der Waals surface area contributed by atoms with Gasteiger partial charge in [-0.15, -0.1) is 0 Å². The molecule has 1 aromatic heterocycles. The number of methoxy groups -OCH3 is 1. The van der Waals surface area contributed by atoms with Crippen LogP contribution in [0.25, 0.3) is 10.9 Å². The zero-order chi connectivity index (χ0) is 21.7. The first-order valence-electron chi connectivity index (χ1n) is 9.82. The Hall–Kier alpha value is -3.61. The monoisotopic (exact) mass is 408 g/mol. The predicted molar refractivity (Wildman–Crippen MR) is 115 cm³/mol. The fourth-order valence-corrected chi connectivity index (χ4v) is 3.40. The molecule has 0 aliphatic carbocycles. The number of ether oxygens (including phenoxy) is 1. The molecule has 1 amide bonds. The van der Waals surface area contributed by atoms with E-state index in [1.54, 1.807) is 36.4 Å². The van der Waals surface area contributed by atoms with Gasteiger partial charge in [0.15, 0.2) is 0 Å². The minimum atomic E-state index is -0.788. The maximum atomic E-state index is 13.2. The van der Waals surface area contributed by atoms with E-state index >= 15 is 0 Å². The second-order valence-corrected chi connectivity index (χ2v) is 6.90. The minimum Gasteiger partial charge on any atom is -0.506 e. The van der Waals surface area contributed by atoms with Gasteiger partial charge < -0.3 is 19.7 Å². The third-order valence-corrected chi connectivity index (χ3v) is 4.94. The Labute approximate surface area is 173 Å². The van der Waals surface area contributed by atoms with Gasteiger partial charge in [0.25, 0.3) is 11.5 Å². The van der Waals surface area contributed by atoms with Crippen LogP contribution in [0.15, 0.2) is 53.3 Å². The third-order valence-electron chi connectivity index (χ3n) is 4.94. The lowest BCUT2D eigenvalue weighted by Crippen LogP contribution is -2.30. The quantitative estimate of drug-likeness (QED) is 0.456. The van der Waals surface area contributed by atoms with Crippen LogP contribution in [0, 0.1) is 0 Å². The summed E-state index contributed by atoms with van der Waals surface area (Å²) in [5.74, 6) is -1.79. The summed E-state index contributed by atoms with van der Waals surface area (Å²) in [6.07, 6.45) is 2.70. The van der Waals surface area contributed by atoms with Crippen LogP contribution in [0.1, 0.15) is 46.9 Å². The smallest absolute Gasteiger partial charge is 0.339 e. The van der Waals surface area contributed by atoms with Crippen molar-refractivity contribution in [2.75, 3.05) is 12.4 Å². The van der Waals surface area contributed by atoms with Crippen molar-refractivity contribution < 1.29 is 19.4 Å². The molecule has 0 fully saturated rings. The molecular weight excluding hydrogens is 384 g/mol. The molecule has 2 aromatic carbocycles. The van der Waals surface area contributed by atoms with Gasteiger partial charge in [-0.25, -0.2) is 4.79 Å². The number of aromatic hydroxyl groups is 1. The van der Waals surface area contributed by atoms with Crippen LogP contribution >= 0.6 is 0 Å². The van der Waals surface area contributed by atoms with Crippen LogP contribution in [0.4, 0.5) is 5.69 Å². The van der Waals surface area contributed by atoms with Gasteiger partial charge in [-0.2, -0.15) is 0 Å². The fourth-order valence-electron chi connectivity index (χ4n) is 3.40. The molecule has 0 radical (unpaired) electrons. The number of carbonyl (C=O) groups excluding carboxylic acids is 2. The number of benzene rings is 2. The number of nitrogens with one attached hydrogen (secondary N) is 1. The van der Waals surface area contributed by atoms with Crippen LogP contribution < -0.4 is 10.9 Å². The number of carbonyl (C=O) groups is 2. The Morgan fingerprint density at radius 3 is 2.50 bits per heavy atom. The first-order valence-corrected chi connectivity index (χ1v) is 9.82. The van der Waals surface area contributed by atoms with Crippen molar-refractivity contribution in [2.24, 2.45) is 0 Å². The highest BCUT2D eigenvalue weighted by Gasteiger charge is 2.23. The van der Waals surface area contributed by atoms with E-state index in [4.69, 9.17) is 4.74 Å². The summed E-state index contributed by atoms with van der Waals surface area (Å²) < 4.78 is 6.26. The summed E-state index contributed by atoms with van der Waals surface area (Å²) in [6, 6.07) is 13.2. The molecule has 0 bridgehead atoms. The number of amides is 1. The summed E-state index contributed by atoms with van der Waals surface area (Å²) in [4.78, 5) is 38.1. The lowest BCUT2D eigenvalue weighted by atomic mass is 10.1. The number of fused-ring (bicyclic) bond motifs is 1. The van der Waals surface area contributed by atoms with Gasteiger partial charge in [-0.1, -0.05) is 44.0 Å². The molecule has 0 atom stereocenters. The minimum absolute atomic E-state index is 0.150. The molecule has 2 N–H and O–H groups in total. The Morgan fingerprint density at radius 1 is 1.07 bits per heavy atom. The number of aromatic nitrogens is 1. The second kappa shape index (κ2) is 9.26. The number of pyridine rings is 1. The molecule has 156 valence electrons. The van der Waals surface area contributed by atoms with Gasteiger partial charge in [0.1, 0.15) is 11.3 Å². The number of aryl methyl sites for hydroxylation is 1. The van der Waals surface area contributed by atoms with Gasteiger partial charge in [0.05, 0.1) is 23.9 Å². The van der Waals surface area contributed by atoms with E-state index in [9.17, 15) is 19.5 Å². The molecule has 3 rings (SSSR count). The largest absolute Gasteiger partial charge is 0.506 e. The molecule has 1 heterocycles. The Morgan fingerprint density at radius 2 is 1.77 bits per heavy atom. The van der Waals surface area contributed by atoms with Crippen molar-refractivity contribution in [3.8, 4) is 5.75 Å². The highest BCUT2D eigenvalue weighted by molar-refractivity contribution is 6.11. The van der Waals surface area contributed by atoms with Gasteiger partial charge in [-0.3, -0.25) is 9.59 Å². The summed E-state index contributed by atoms with van der Waals surface area (Å²) in [5, 5.41) is 13.7. The Kier molecular flexibility index (Phi) is 6.51. The standard InChI is InChI=1S/C23H24N2O5/c1-3-4-9-14-25-18-13-8-6-11-16(18)20(26)19(22(25)28)21(27)24-17-12-7-5-10-15(17)23(29)30-2/h5-8,10-13,26H,3-4,9,14H2,1-2H3,(H,24,27). The highest BCUT2D eigenvalue weighted by Crippen LogP contribution is 2.27. The number of esters is 1. The van der Waals surface area contributed by atoms with Crippen molar-refractivity contribution in [1.29, 1.82) is 0 Å². The lowest BCUT2D eigenvalue weighted by Gasteiger charge is -2.15. The van der Waals surface area contributed by atoms with Crippen molar-refractivity contribution in [2.45, 2.75) is 32.7 Å². The number of anilines is 1. The van der Waals surface area contributed by atoms with Crippen LogP contribution in [-0.2, 0) is 11.3 Å². The first kappa shape index (κ1) is 21.1. The van der Waals surface area contributed by atoms with Crippen molar-refractivity contribution in [3.63, 3.8) is 0 Å². The fraction of sp³-hybridized carbons (Fsp3) is 0.261. The van der Waals surface area contributed by atoms with E-state index in [0.717, 1.165) is 19.3 Å². The summed E-state index contributed by atoms with van der Waals surface area (Å²) in [7, 11) is 1.24. The van der Waals surface area contributed by atoms with E-state index in [0.29, 0.717) is 17.4 Å². The zero-order valence-corrected chi connectivity index (χ0v) is 17.0. The second-order valence-electron chi connectivity index (χ2n) is 6.90. The van der Waals surface area contributed by atoms with Crippen molar-refractivity contribution in [1.82, 2.24) is 4.57 Å². The number of rotatable bonds is 7. The van der Waals surface area contributed by atoms with Crippen LogP contribution in [-0.4, -0.2) is 28.7 Å². The van der Waals surface area contributed by atoms with E-state index in [1.807, 2.05) is 0 Å². The van der Waals surface area contributed by atoms with Gasteiger partial charge in [0, 0.05) is 11.9 Å². The molecule has 30 heavy (non-hydrogen) atoms. The van der Waals surface area contributed by atoms with Crippen LogP contribution in [0.3, 0.4) is 0 Å². The molecule has 0 spiro atoms. The molecule has 7 heteroatoms. The average molecular weight is 408 g/mol. The van der Waals surface area contributed by atoms with E-state index in [-0.39, 0.29) is 22.6 Å². The lowest BCUT2D eigenvalue weighted by molar-refractivity contribution is 0.0602. The van der Waals surface area contributed by atoms with E-state index in [1.165, 1.54) is 23.8 Å². The van der Waals surface area contributed by atoms with Crippen molar-refractivity contribution in [3.05, 3.63) is 70.0 Å². The molecule has 0 unspecified atom stereocenters. The molecule has 0 saturated carbocycles. The van der Waals surface area contributed by atoms with Gasteiger partial charge in [-0.05, 0) is 30.7 Å². The summed E-state index contributed by atoms with van der Waals surface area (Å²) in [6.45, 7) is 2.50. The topological polar surface area (TPSA) is 97.6 Å². The molecule has 0 saturated heterocycles.